The van der Waals surface area contributed by atoms with E-state index in [1.165, 1.54) is 88.5 Å². The summed E-state index contributed by atoms with van der Waals surface area (Å²) in [5.41, 5.74) is 21.3. The van der Waals surface area contributed by atoms with Crippen molar-refractivity contribution in [1.82, 2.24) is 9.55 Å². The monoisotopic (exact) mass is 565 g/mol. The zero-order chi connectivity index (χ0) is 29.9. The van der Waals surface area contributed by atoms with Crippen LogP contribution in [0, 0.1) is 34.6 Å². The van der Waals surface area contributed by atoms with Crippen molar-refractivity contribution in [1.29, 1.82) is 0 Å². The lowest BCUT2D eigenvalue weighted by atomic mass is 9.33. The molecule has 4 heterocycles. The first-order chi connectivity index (χ1) is 21.4. The number of nitrogens with zero attached hydrogens (tertiary/aromatic N) is 2. The Kier molecular flexibility index (Phi) is 5.18. The zero-order valence-corrected chi connectivity index (χ0v) is 25.7. The summed E-state index contributed by atoms with van der Waals surface area (Å²) in [5, 5.41) is 6.66. The molecule has 2 aliphatic heterocycles. The molecule has 2 aliphatic rings. The quantitative estimate of drug-likeness (QED) is 0.216. The molecule has 1 N–H and O–H groups in total. The van der Waals surface area contributed by atoms with E-state index in [9.17, 15) is 0 Å². The number of hydrogen-bond acceptors (Lipinski definition) is 2. The van der Waals surface area contributed by atoms with E-state index < -0.39 is 0 Å². The van der Waals surface area contributed by atoms with Gasteiger partial charge in [0.05, 0.1) is 11.2 Å². The molecule has 0 aliphatic carbocycles. The molecule has 4 heteroatoms. The number of nitrogens with one attached hydrogen (secondary N) is 1. The highest BCUT2D eigenvalue weighted by Crippen LogP contribution is 2.41. The van der Waals surface area contributed by atoms with Crippen molar-refractivity contribution >= 4 is 56.3 Å². The van der Waals surface area contributed by atoms with E-state index in [0.29, 0.717) is 0 Å². The molecular formula is C40H32BN3. The van der Waals surface area contributed by atoms with E-state index in [1.54, 1.807) is 0 Å². The van der Waals surface area contributed by atoms with Crippen LogP contribution in [0.1, 0.15) is 27.8 Å². The zero-order valence-electron chi connectivity index (χ0n) is 25.7. The van der Waals surface area contributed by atoms with Crippen LogP contribution in [-0.2, 0) is 0 Å². The van der Waals surface area contributed by atoms with Gasteiger partial charge in [-0.1, -0.05) is 64.7 Å². The van der Waals surface area contributed by atoms with Crippen LogP contribution < -0.4 is 21.7 Å². The summed E-state index contributed by atoms with van der Waals surface area (Å²) in [4.78, 5) is 4.78. The van der Waals surface area contributed by atoms with Crippen molar-refractivity contribution in [3.8, 4) is 28.1 Å². The molecule has 9 rings (SSSR count). The lowest BCUT2D eigenvalue weighted by molar-refractivity contribution is 1.18. The number of fused-ring (bicyclic) bond motifs is 7. The van der Waals surface area contributed by atoms with Crippen molar-refractivity contribution in [2.24, 2.45) is 0 Å². The van der Waals surface area contributed by atoms with Crippen molar-refractivity contribution in [3.63, 3.8) is 0 Å². The van der Waals surface area contributed by atoms with Gasteiger partial charge in [-0.25, -0.2) is 0 Å². The van der Waals surface area contributed by atoms with Gasteiger partial charge in [0.2, 0.25) is 0 Å². The Hall–Kier alpha value is -5.09. The molecule has 44 heavy (non-hydrogen) atoms. The SMILES string of the molecule is Cc1ccc(C)c(-c2cc(C)cc3c2Nc2cc(-c4ccccn4)cc4c2B3c2cc(C)cc3c5cc(C)ccc5n-4c23)c1. The van der Waals surface area contributed by atoms with Gasteiger partial charge in [0.25, 0.3) is 6.71 Å². The number of anilines is 2. The summed E-state index contributed by atoms with van der Waals surface area (Å²) in [5.74, 6) is 0. The topological polar surface area (TPSA) is 29.9 Å². The maximum atomic E-state index is 4.78. The Morgan fingerprint density at radius 3 is 2.25 bits per heavy atom. The first-order valence-electron chi connectivity index (χ1n) is 15.5. The van der Waals surface area contributed by atoms with Gasteiger partial charge in [0.1, 0.15) is 0 Å². The molecule has 5 aromatic carbocycles. The standard InChI is InChI=1S/C40H32BN3/c1-22-9-11-26(5)28(14-22)30-16-24(3)18-32-39(30)43-35-20-27(34-8-6-7-13-42-34)21-37-38(35)41(32)33-19-25(4)17-31-29-15-23(2)10-12-36(29)44(37)40(31)33/h6-21,43H,1-5H3. The van der Waals surface area contributed by atoms with Crippen LogP contribution in [0.5, 0.6) is 0 Å². The van der Waals surface area contributed by atoms with Crippen molar-refractivity contribution in [3.05, 3.63) is 125 Å². The first kappa shape index (κ1) is 25.4. The van der Waals surface area contributed by atoms with Gasteiger partial charge >= 0.3 is 0 Å². The summed E-state index contributed by atoms with van der Waals surface area (Å²) in [6.45, 7) is 11.2. The van der Waals surface area contributed by atoms with Crippen LogP contribution in [0.15, 0.2) is 97.2 Å². The van der Waals surface area contributed by atoms with Crippen molar-refractivity contribution in [2.75, 3.05) is 5.32 Å². The summed E-state index contributed by atoms with van der Waals surface area (Å²) >= 11 is 0. The minimum atomic E-state index is 0.109. The molecule has 0 saturated heterocycles. The second kappa shape index (κ2) is 8.97. The molecule has 0 bridgehead atoms. The minimum absolute atomic E-state index is 0.109. The van der Waals surface area contributed by atoms with Gasteiger partial charge in [0.15, 0.2) is 0 Å². The Labute approximate surface area is 258 Å². The molecule has 0 amide bonds. The maximum absolute atomic E-state index is 4.78. The fraction of sp³-hybridized carbons (Fsp3) is 0.125. The molecule has 2 aromatic heterocycles. The van der Waals surface area contributed by atoms with Crippen molar-refractivity contribution < 1.29 is 0 Å². The predicted octanol–water partition coefficient (Wildman–Crippen LogP) is 7.94. The van der Waals surface area contributed by atoms with Crippen LogP contribution in [0.3, 0.4) is 0 Å². The molecule has 0 atom stereocenters. The Morgan fingerprint density at radius 2 is 1.41 bits per heavy atom. The number of pyridine rings is 1. The highest BCUT2D eigenvalue weighted by molar-refractivity contribution is 7.00. The highest BCUT2D eigenvalue weighted by atomic mass is 15.0. The summed E-state index contributed by atoms with van der Waals surface area (Å²) in [6, 6.07) is 34.1. The Morgan fingerprint density at radius 1 is 0.659 bits per heavy atom. The van der Waals surface area contributed by atoms with E-state index in [2.05, 4.69) is 129 Å². The molecule has 0 fully saturated rings. The lowest BCUT2D eigenvalue weighted by Crippen LogP contribution is -2.59. The fourth-order valence-electron chi connectivity index (χ4n) is 7.86. The maximum Gasteiger partial charge on any atom is 0.252 e. The van der Waals surface area contributed by atoms with Gasteiger partial charge in [-0.2, -0.15) is 0 Å². The van der Waals surface area contributed by atoms with Gasteiger partial charge < -0.3 is 9.88 Å². The largest absolute Gasteiger partial charge is 0.356 e. The first-order valence-corrected chi connectivity index (χ1v) is 15.5. The second-order valence-corrected chi connectivity index (χ2v) is 12.9. The average molecular weight is 566 g/mol. The number of aryl methyl sites for hydroxylation is 5. The molecule has 0 radical (unpaired) electrons. The van der Waals surface area contributed by atoms with E-state index in [-0.39, 0.29) is 6.71 Å². The molecule has 210 valence electrons. The summed E-state index contributed by atoms with van der Waals surface area (Å²) in [6.07, 6.45) is 1.89. The average Bonchev–Trinajstić information content (AvgIpc) is 3.34. The van der Waals surface area contributed by atoms with Crippen LogP contribution in [0.2, 0.25) is 0 Å². The van der Waals surface area contributed by atoms with Crippen LogP contribution in [0.25, 0.3) is 49.9 Å². The third-order valence-corrected chi connectivity index (χ3v) is 9.72. The number of rotatable bonds is 2. The molecule has 7 aromatic rings. The van der Waals surface area contributed by atoms with Crippen LogP contribution in [0.4, 0.5) is 11.4 Å². The third kappa shape index (κ3) is 3.48. The summed E-state index contributed by atoms with van der Waals surface area (Å²) < 4.78 is 2.52. The molecule has 0 unspecified atom stereocenters. The normalized spacial score (nSPS) is 12.8. The smallest absolute Gasteiger partial charge is 0.252 e. The van der Waals surface area contributed by atoms with E-state index >= 15 is 0 Å². The Balaban J connectivity index is 1.45. The molecule has 0 saturated carbocycles. The van der Waals surface area contributed by atoms with Gasteiger partial charge in [-0.15, -0.1) is 0 Å². The number of aromatic nitrogens is 2. The summed E-state index contributed by atoms with van der Waals surface area (Å²) in [7, 11) is 0. The number of hydrogen-bond donors (Lipinski definition) is 1. The third-order valence-electron chi connectivity index (χ3n) is 9.72. The lowest BCUT2D eigenvalue weighted by Gasteiger charge is -2.36. The molecular weight excluding hydrogens is 533 g/mol. The van der Waals surface area contributed by atoms with Crippen molar-refractivity contribution in [2.45, 2.75) is 34.6 Å². The second-order valence-electron chi connectivity index (χ2n) is 12.9. The van der Waals surface area contributed by atoms with E-state index in [1.807, 2.05) is 12.3 Å². The van der Waals surface area contributed by atoms with E-state index in [0.717, 1.165) is 16.9 Å². The van der Waals surface area contributed by atoms with Crippen LogP contribution >= 0.6 is 0 Å². The van der Waals surface area contributed by atoms with Gasteiger partial charge in [-0.05, 0) is 111 Å². The fourth-order valence-corrected chi connectivity index (χ4v) is 7.86. The highest BCUT2D eigenvalue weighted by Gasteiger charge is 2.40. The van der Waals surface area contributed by atoms with Gasteiger partial charge in [-0.3, -0.25) is 4.98 Å². The number of benzene rings is 5. The van der Waals surface area contributed by atoms with Crippen LogP contribution in [-0.4, -0.2) is 16.3 Å². The Bertz CT molecular complexity index is 2360. The molecule has 0 spiro atoms. The van der Waals surface area contributed by atoms with E-state index in [4.69, 9.17) is 4.98 Å². The molecule has 3 nitrogen and oxygen atoms in total. The predicted molar refractivity (Wildman–Crippen MR) is 188 cm³/mol. The minimum Gasteiger partial charge on any atom is -0.356 e. The van der Waals surface area contributed by atoms with Gasteiger partial charge in [0, 0.05) is 50.7 Å².